The zero-order valence-corrected chi connectivity index (χ0v) is 38.9. The van der Waals surface area contributed by atoms with Crippen LogP contribution >= 0.6 is 0 Å². The van der Waals surface area contributed by atoms with Crippen molar-refractivity contribution in [2.75, 3.05) is 74.4 Å². The number of hydrogen-bond donors (Lipinski definition) is 3. The molecule has 1 unspecified atom stereocenters. The SMILES string of the molecule is CCc1nc2c(n1C(C)C)-c1nc(Nc3ccc(CN4CCN(CCC5Cc6cnn(C7CCCCC7)c6-c6nc(Nc7ccc(N8CCNCC8)cn7)ncc65)CC4)cn3)ncc1CC2. The van der Waals surface area contributed by atoms with Crippen LogP contribution in [0.15, 0.2) is 55.2 Å². The lowest BCUT2D eigenvalue weighted by Crippen LogP contribution is -2.46. The van der Waals surface area contributed by atoms with Crippen molar-refractivity contribution < 1.29 is 0 Å². The molecule has 6 aromatic heterocycles. The Balaban J connectivity index is 0.715. The van der Waals surface area contributed by atoms with Gasteiger partial charge in [0.05, 0.1) is 52.6 Å². The zero-order chi connectivity index (χ0) is 44.6. The molecule has 5 aliphatic rings. The summed E-state index contributed by atoms with van der Waals surface area (Å²) in [6, 6.07) is 9.14. The molecule has 0 bridgehead atoms. The van der Waals surface area contributed by atoms with Crippen LogP contribution in [0, 0.1) is 0 Å². The fraction of sp³-hybridized carbons (Fsp3) is 0.520. The summed E-state index contributed by atoms with van der Waals surface area (Å²) in [6.45, 7) is 16.7. The fourth-order valence-electron chi connectivity index (χ4n) is 11.0. The van der Waals surface area contributed by atoms with E-state index in [0.717, 1.165) is 143 Å². The van der Waals surface area contributed by atoms with Crippen LogP contribution in [0.2, 0.25) is 0 Å². The molecule has 2 saturated heterocycles. The number of aromatic nitrogens is 10. The number of nitrogens with one attached hydrogen (secondary N) is 3. The molecule has 3 fully saturated rings. The van der Waals surface area contributed by atoms with Gasteiger partial charge in [0.1, 0.15) is 17.5 Å². The third kappa shape index (κ3) is 8.77. The van der Waals surface area contributed by atoms with Crippen molar-refractivity contribution in [3.05, 3.63) is 89.0 Å². The van der Waals surface area contributed by atoms with Gasteiger partial charge in [0.2, 0.25) is 11.9 Å². The first kappa shape index (κ1) is 42.8. The Morgan fingerprint density at radius 3 is 2.18 bits per heavy atom. The van der Waals surface area contributed by atoms with Gasteiger partial charge in [-0.15, -0.1) is 0 Å². The van der Waals surface area contributed by atoms with Gasteiger partial charge in [-0.1, -0.05) is 32.3 Å². The van der Waals surface area contributed by atoms with Crippen molar-refractivity contribution >= 4 is 29.2 Å². The highest BCUT2D eigenvalue weighted by Gasteiger charge is 2.33. The normalized spacial score (nSPS) is 19.0. The summed E-state index contributed by atoms with van der Waals surface area (Å²) in [5, 5.41) is 15.3. The van der Waals surface area contributed by atoms with E-state index >= 15 is 0 Å². The number of nitrogens with zero attached hydrogens (tertiary/aromatic N) is 13. The van der Waals surface area contributed by atoms with Crippen molar-refractivity contribution in [3.63, 3.8) is 0 Å². The minimum absolute atomic E-state index is 0.307. The van der Waals surface area contributed by atoms with Crippen molar-refractivity contribution in [2.24, 2.45) is 0 Å². The Morgan fingerprint density at radius 1 is 0.712 bits per heavy atom. The van der Waals surface area contributed by atoms with Crippen molar-refractivity contribution in [3.8, 4) is 22.8 Å². The average Bonchev–Trinajstić information content (AvgIpc) is 3.98. The Bertz CT molecular complexity index is 2610. The maximum absolute atomic E-state index is 5.27. The van der Waals surface area contributed by atoms with Gasteiger partial charge in [-0.05, 0) is 94.2 Å². The molecule has 344 valence electrons. The molecule has 3 N–H and O–H groups in total. The van der Waals surface area contributed by atoms with E-state index in [2.05, 4.69) is 90.2 Å². The lowest BCUT2D eigenvalue weighted by molar-refractivity contribution is 0.124. The first-order valence-corrected chi connectivity index (χ1v) is 24.7. The van der Waals surface area contributed by atoms with E-state index in [-0.39, 0.29) is 0 Å². The van der Waals surface area contributed by atoms with Crippen molar-refractivity contribution in [1.82, 2.24) is 64.4 Å². The topological polar surface area (TPSA) is 159 Å². The van der Waals surface area contributed by atoms with Gasteiger partial charge >= 0.3 is 0 Å². The number of fused-ring (bicyclic) bond motifs is 6. The molecule has 16 nitrogen and oxygen atoms in total. The number of anilines is 5. The molecule has 11 rings (SSSR count). The van der Waals surface area contributed by atoms with E-state index < -0.39 is 0 Å². The Kier molecular flexibility index (Phi) is 12.2. The number of pyridine rings is 2. The standard InChI is InChI=1S/C50H64N16/c1-4-44-57-41-13-11-36-28-54-49(60-45(36)48(41)65(44)33(2)3)58-42-14-10-34(27-52-42)32-63-24-22-62(23-25-63)19-16-35-26-37-29-56-66(38-8-6-5-7-9-38)47(37)46-40(35)31-55-50(61-46)59-43-15-12-39(30-53-43)64-20-17-51-18-21-64/h10,12,14-15,27-31,33,35,38,51H,4-9,11,13,16-26,32H2,1-3H3,(H,52,54,58,60)(H,53,55,59,61). The summed E-state index contributed by atoms with van der Waals surface area (Å²) in [5.41, 5.74) is 11.6. The molecular formula is C50H64N16. The minimum atomic E-state index is 0.307. The van der Waals surface area contributed by atoms with Crippen LogP contribution in [0.3, 0.4) is 0 Å². The summed E-state index contributed by atoms with van der Waals surface area (Å²) < 4.78 is 4.66. The van der Waals surface area contributed by atoms with Gasteiger partial charge in [0, 0.05) is 101 Å². The smallest absolute Gasteiger partial charge is 0.228 e. The summed E-state index contributed by atoms with van der Waals surface area (Å²) in [6.07, 6.45) is 21.1. The first-order valence-electron chi connectivity index (χ1n) is 24.7. The van der Waals surface area contributed by atoms with E-state index in [1.54, 1.807) is 0 Å². The lowest BCUT2D eigenvalue weighted by Gasteiger charge is -2.36. The number of hydrogen-bond acceptors (Lipinski definition) is 14. The summed E-state index contributed by atoms with van der Waals surface area (Å²) in [4.78, 5) is 42.0. The second-order valence-electron chi connectivity index (χ2n) is 19.2. The molecule has 1 atom stereocenters. The molecule has 16 heteroatoms. The van der Waals surface area contributed by atoms with Crippen LogP contribution in [-0.2, 0) is 32.2 Å². The predicted octanol–water partition coefficient (Wildman–Crippen LogP) is 7.28. The van der Waals surface area contributed by atoms with E-state index in [1.165, 1.54) is 60.1 Å². The molecule has 0 radical (unpaired) electrons. The third-order valence-electron chi connectivity index (χ3n) is 14.5. The van der Waals surface area contributed by atoms with Gasteiger partial charge in [-0.2, -0.15) is 5.10 Å². The highest BCUT2D eigenvalue weighted by Crippen LogP contribution is 2.43. The number of rotatable bonds is 13. The van der Waals surface area contributed by atoms with Crippen LogP contribution in [0.5, 0.6) is 0 Å². The molecule has 2 aliphatic heterocycles. The minimum Gasteiger partial charge on any atom is -0.368 e. The van der Waals surface area contributed by atoms with Crippen LogP contribution in [0.1, 0.15) is 111 Å². The fourth-order valence-corrected chi connectivity index (χ4v) is 11.0. The van der Waals surface area contributed by atoms with Crippen molar-refractivity contribution in [2.45, 2.75) is 110 Å². The monoisotopic (exact) mass is 889 g/mol. The molecule has 8 heterocycles. The van der Waals surface area contributed by atoms with Crippen molar-refractivity contribution in [1.29, 1.82) is 0 Å². The van der Waals surface area contributed by atoms with Gasteiger partial charge in [-0.3, -0.25) is 9.58 Å². The second kappa shape index (κ2) is 18.8. The molecule has 1 saturated carbocycles. The van der Waals surface area contributed by atoms with E-state index in [4.69, 9.17) is 35.0 Å². The van der Waals surface area contributed by atoms with Crippen LogP contribution in [-0.4, -0.2) is 118 Å². The maximum Gasteiger partial charge on any atom is 0.228 e. The van der Waals surface area contributed by atoms with E-state index in [9.17, 15) is 0 Å². The predicted molar refractivity (Wildman–Crippen MR) is 259 cm³/mol. The highest BCUT2D eigenvalue weighted by atomic mass is 15.3. The lowest BCUT2D eigenvalue weighted by atomic mass is 9.82. The Hall–Kier alpha value is -5.84. The maximum atomic E-state index is 5.27. The molecular weight excluding hydrogens is 825 g/mol. The molecule has 0 aromatic carbocycles. The molecule has 66 heavy (non-hydrogen) atoms. The molecule has 0 spiro atoms. The zero-order valence-electron chi connectivity index (χ0n) is 38.9. The van der Waals surface area contributed by atoms with Crippen LogP contribution in [0.4, 0.5) is 29.2 Å². The van der Waals surface area contributed by atoms with E-state index in [1.807, 2.05) is 30.7 Å². The van der Waals surface area contributed by atoms with Gasteiger partial charge < -0.3 is 30.3 Å². The summed E-state index contributed by atoms with van der Waals surface area (Å²) in [7, 11) is 0. The number of aryl methyl sites for hydroxylation is 3. The van der Waals surface area contributed by atoms with E-state index in [0.29, 0.717) is 29.9 Å². The second-order valence-corrected chi connectivity index (χ2v) is 19.2. The quantitative estimate of drug-likeness (QED) is 0.106. The van der Waals surface area contributed by atoms with Gasteiger partial charge in [-0.25, -0.2) is 34.9 Å². The third-order valence-corrected chi connectivity index (χ3v) is 14.5. The van der Waals surface area contributed by atoms with Crippen LogP contribution < -0.4 is 20.9 Å². The number of piperazine rings is 2. The Morgan fingerprint density at radius 2 is 1.45 bits per heavy atom. The van der Waals surface area contributed by atoms with Gasteiger partial charge in [0.25, 0.3) is 0 Å². The largest absolute Gasteiger partial charge is 0.368 e. The molecule has 0 amide bonds. The van der Waals surface area contributed by atoms with Gasteiger partial charge in [0.15, 0.2) is 0 Å². The summed E-state index contributed by atoms with van der Waals surface area (Å²) in [5.74, 6) is 4.10. The molecule has 3 aliphatic carbocycles. The average molecular weight is 889 g/mol. The van der Waals surface area contributed by atoms with Crippen LogP contribution in [0.25, 0.3) is 22.8 Å². The Labute approximate surface area is 388 Å². The highest BCUT2D eigenvalue weighted by molar-refractivity contribution is 5.70. The number of imidazole rings is 1. The first-order chi connectivity index (χ1) is 32.4. The summed E-state index contributed by atoms with van der Waals surface area (Å²) >= 11 is 0. The molecule has 6 aromatic rings.